The number of carbonyl (C=O) groups is 5. The van der Waals surface area contributed by atoms with E-state index in [0.29, 0.717) is 4.90 Å². The fourth-order valence-electron chi connectivity index (χ4n) is 3.19. The van der Waals surface area contributed by atoms with E-state index in [1.807, 2.05) is 0 Å². The number of ether oxygens (including phenoxy) is 1. The van der Waals surface area contributed by atoms with Crippen LogP contribution in [0.4, 0.5) is 11.4 Å². The van der Waals surface area contributed by atoms with E-state index >= 15 is 0 Å². The van der Waals surface area contributed by atoms with Gasteiger partial charge in [-0.3, -0.25) is 39.0 Å². The highest BCUT2D eigenvalue weighted by Crippen LogP contribution is 2.32. The van der Waals surface area contributed by atoms with Crippen molar-refractivity contribution in [1.82, 2.24) is 10.2 Å². The number of hydrogen-bond donors (Lipinski definition) is 2. The summed E-state index contributed by atoms with van der Waals surface area (Å²) in [5.74, 6) is -3.59. The van der Waals surface area contributed by atoms with E-state index in [2.05, 4.69) is 15.4 Å². The topological polar surface area (TPSA) is 165 Å². The zero-order valence-electron chi connectivity index (χ0n) is 17.5. The van der Waals surface area contributed by atoms with Crippen molar-refractivity contribution in [2.45, 2.75) is 13.0 Å². The van der Waals surface area contributed by atoms with Crippen LogP contribution >= 0.6 is 0 Å². The van der Waals surface area contributed by atoms with Crippen molar-refractivity contribution in [2.75, 3.05) is 19.0 Å². The third kappa shape index (κ3) is 4.54. The molecule has 2 N–H and O–H groups in total. The van der Waals surface area contributed by atoms with Crippen LogP contribution in [0.2, 0.25) is 0 Å². The van der Waals surface area contributed by atoms with Crippen molar-refractivity contribution < 1.29 is 33.6 Å². The molecule has 0 spiro atoms. The van der Waals surface area contributed by atoms with Gasteiger partial charge in [-0.1, -0.05) is 6.07 Å². The van der Waals surface area contributed by atoms with E-state index in [1.54, 1.807) is 0 Å². The maximum Gasteiger partial charge on any atom is 0.325 e. The first-order valence-corrected chi connectivity index (χ1v) is 9.57. The van der Waals surface area contributed by atoms with Crippen molar-refractivity contribution in [2.24, 2.45) is 0 Å². The first-order chi connectivity index (χ1) is 15.6. The Kier molecular flexibility index (Phi) is 6.47. The molecule has 0 aromatic heterocycles. The monoisotopic (exact) mass is 454 g/mol. The minimum atomic E-state index is -1.26. The number of carbonyl (C=O) groups excluding carboxylic acids is 5. The molecule has 0 aliphatic carbocycles. The lowest BCUT2D eigenvalue weighted by atomic mass is 10.1. The summed E-state index contributed by atoms with van der Waals surface area (Å²) in [4.78, 5) is 72.3. The molecule has 2 aromatic rings. The Balaban J connectivity index is 1.70. The third-order valence-corrected chi connectivity index (χ3v) is 4.92. The minimum absolute atomic E-state index is 0.142. The van der Waals surface area contributed by atoms with Gasteiger partial charge in [-0.2, -0.15) is 0 Å². The van der Waals surface area contributed by atoms with Gasteiger partial charge >= 0.3 is 5.97 Å². The SMILES string of the molecule is COC(=O)CNC(=O)c1ccc(NC(=O)C(C)N2C(=O)c3cccc([N+](=O)[O-])c3C2=O)cc1. The largest absolute Gasteiger partial charge is 0.468 e. The molecule has 4 amide bonds. The molecule has 0 bridgehead atoms. The quantitative estimate of drug-likeness (QED) is 0.272. The predicted molar refractivity (Wildman–Crippen MR) is 112 cm³/mol. The summed E-state index contributed by atoms with van der Waals surface area (Å²) < 4.78 is 4.43. The molecular formula is C21H18N4O8. The number of amides is 4. The number of nitro groups is 1. The standard InChI is InChI=1S/C21H18N4O8/c1-11(24-20(29)14-4-3-5-15(25(31)32)17(14)21(24)30)18(27)23-13-8-6-12(7-9-13)19(28)22-10-16(26)33-2/h3-9,11H,10H2,1-2H3,(H,22,28)(H,23,27). The number of hydrogen-bond acceptors (Lipinski definition) is 8. The number of fused-ring (bicyclic) bond motifs is 1. The lowest BCUT2D eigenvalue weighted by Crippen LogP contribution is -2.45. The average Bonchev–Trinajstić information content (AvgIpc) is 3.07. The number of nitro benzene ring substituents is 1. The van der Waals surface area contributed by atoms with E-state index in [0.717, 1.165) is 6.07 Å². The number of rotatable bonds is 7. The van der Waals surface area contributed by atoms with Crippen LogP contribution < -0.4 is 10.6 Å². The molecule has 33 heavy (non-hydrogen) atoms. The molecule has 12 nitrogen and oxygen atoms in total. The van der Waals surface area contributed by atoms with E-state index < -0.39 is 46.3 Å². The Bertz CT molecular complexity index is 1180. The maximum atomic E-state index is 12.7. The van der Waals surface area contributed by atoms with Crippen molar-refractivity contribution in [1.29, 1.82) is 0 Å². The zero-order chi connectivity index (χ0) is 24.3. The number of nitrogens with one attached hydrogen (secondary N) is 2. The molecular weight excluding hydrogens is 436 g/mol. The average molecular weight is 454 g/mol. The van der Waals surface area contributed by atoms with Crippen LogP contribution in [0.15, 0.2) is 42.5 Å². The Morgan fingerprint density at radius 2 is 1.76 bits per heavy atom. The van der Waals surface area contributed by atoms with Gasteiger partial charge in [0.15, 0.2) is 0 Å². The molecule has 1 atom stereocenters. The summed E-state index contributed by atoms with van der Waals surface area (Å²) in [5.41, 5.74) is -0.510. The highest BCUT2D eigenvalue weighted by molar-refractivity contribution is 6.24. The summed E-state index contributed by atoms with van der Waals surface area (Å²) >= 11 is 0. The molecule has 0 fully saturated rings. The van der Waals surface area contributed by atoms with Crippen molar-refractivity contribution in [3.8, 4) is 0 Å². The Hall–Kier alpha value is -4.61. The molecule has 1 unspecified atom stereocenters. The Morgan fingerprint density at radius 1 is 1.09 bits per heavy atom. The van der Waals surface area contributed by atoms with Crippen LogP contribution in [-0.2, 0) is 14.3 Å². The van der Waals surface area contributed by atoms with Crippen LogP contribution in [0.5, 0.6) is 0 Å². The zero-order valence-corrected chi connectivity index (χ0v) is 17.5. The predicted octanol–water partition coefficient (Wildman–Crippen LogP) is 1.12. The van der Waals surface area contributed by atoms with Gasteiger partial charge in [0.05, 0.1) is 17.6 Å². The van der Waals surface area contributed by atoms with Gasteiger partial charge in [0.2, 0.25) is 5.91 Å². The number of benzene rings is 2. The van der Waals surface area contributed by atoms with E-state index in [-0.39, 0.29) is 28.9 Å². The Labute approximate surface area is 186 Å². The van der Waals surface area contributed by atoms with Gasteiger partial charge in [-0.25, -0.2) is 0 Å². The number of nitrogens with zero attached hydrogens (tertiary/aromatic N) is 2. The first kappa shape index (κ1) is 23.1. The van der Waals surface area contributed by atoms with Crippen molar-refractivity contribution >= 4 is 41.0 Å². The third-order valence-electron chi connectivity index (χ3n) is 4.92. The van der Waals surface area contributed by atoms with E-state index in [1.165, 1.54) is 50.4 Å². The number of imide groups is 1. The van der Waals surface area contributed by atoms with Crippen LogP contribution in [0.1, 0.15) is 38.0 Å². The molecule has 2 aromatic carbocycles. The van der Waals surface area contributed by atoms with Crippen LogP contribution in [0.25, 0.3) is 0 Å². The van der Waals surface area contributed by atoms with Crippen LogP contribution in [-0.4, -0.2) is 59.1 Å². The molecule has 3 rings (SSSR count). The second-order valence-corrected chi connectivity index (χ2v) is 6.94. The first-order valence-electron chi connectivity index (χ1n) is 9.57. The van der Waals surface area contributed by atoms with Gasteiger partial charge in [0.1, 0.15) is 18.2 Å². The molecule has 12 heteroatoms. The van der Waals surface area contributed by atoms with Gasteiger partial charge in [0.25, 0.3) is 23.4 Å². The normalized spacial score (nSPS) is 13.2. The fraction of sp³-hybridized carbons (Fsp3) is 0.190. The lowest BCUT2D eigenvalue weighted by molar-refractivity contribution is -0.385. The molecule has 0 saturated heterocycles. The molecule has 1 aliphatic rings. The second-order valence-electron chi connectivity index (χ2n) is 6.94. The van der Waals surface area contributed by atoms with Gasteiger partial charge in [-0.15, -0.1) is 0 Å². The number of anilines is 1. The summed E-state index contributed by atoms with van der Waals surface area (Å²) in [7, 11) is 1.19. The van der Waals surface area contributed by atoms with Crippen LogP contribution in [0, 0.1) is 10.1 Å². The maximum absolute atomic E-state index is 12.7. The summed E-state index contributed by atoms with van der Waals surface area (Å²) in [6.45, 7) is 1.02. The highest BCUT2D eigenvalue weighted by atomic mass is 16.6. The molecule has 1 aliphatic heterocycles. The molecule has 0 saturated carbocycles. The van der Waals surface area contributed by atoms with Gasteiger partial charge in [-0.05, 0) is 37.3 Å². The lowest BCUT2D eigenvalue weighted by Gasteiger charge is -2.21. The fourth-order valence-corrected chi connectivity index (χ4v) is 3.19. The van der Waals surface area contributed by atoms with Crippen LogP contribution in [0.3, 0.4) is 0 Å². The summed E-state index contributed by atoms with van der Waals surface area (Å²) in [6.07, 6.45) is 0. The van der Waals surface area contributed by atoms with Crippen molar-refractivity contribution in [3.05, 3.63) is 69.3 Å². The number of esters is 1. The van der Waals surface area contributed by atoms with E-state index in [9.17, 15) is 34.1 Å². The smallest absolute Gasteiger partial charge is 0.325 e. The second kappa shape index (κ2) is 9.26. The molecule has 1 heterocycles. The Morgan fingerprint density at radius 3 is 2.36 bits per heavy atom. The molecule has 170 valence electrons. The summed E-state index contributed by atoms with van der Waals surface area (Å²) in [6, 6.07) is 8.07. The minimum Gasteiger partial charge on any atom is -0.468 e. The van der Waals surface area contributed by atoms with E-state index in [4.69, 9.17) is 0 Å². The summed E-state index contributed by atoms with van der Waals surface area (Å²) in [5, 5.41) is 16.1. The molecule has 0 radical (unpaired) electrons. The number of methoxy groups -OCH3 is 1. The highest BCUT2D eigenvalue weighted by Gasteiger charge is 2.44. The van der Waals surface area contributed by atoms with Gasteiger partial charge < -0.3 is 15.4 Å². The van der Waals surface area contributed by atoms with Crippen molar-refractivity contribution in [3.63, 3.8) is 0 Å². The van der Waals surface area contributed by atoms with Gasteiger partial charge in [0, 0.05) is 17.3 Å².